The molecule has 3 rings (SSSR count). The molecule has 0 aliphatic heterocycles. The first-order valence-electron chi connectivity index (χ1n) is 15.2. The van der Waals surface area contributed by atoms with Gasteiger partial charge in [0.25, 0.3) is 0 Å². The summed E-state index contributed by atoms with van der Waals surface area (Å²) in [7, 11) is -3.20. The summed E-state index contributed by atoms with van der Waals surface area (Å²) in [6.07, 6.45) is 5.35. The van der Waals surface area contributed by atoms with Gasteiger partial charge in [-0.05, 0) is 65.7 Å². The summed E-state index contributed by atoms with van der Waals surface area (Å²) >= 11 is 1.50. The molecule has 2 aromatic heterocycles. The van der Waals surface area contributed by atoms with Crippen molar-refractivity contribution in [1.82, 2.24) is 19.5 Å². The average molecular weight is 631 g/mol. The largest absolute Gasteiger partial charge is 0.416 e. The number of nitrogens with zero attached hydrogens (tertiary/aromatic N) is 4. The van der Waals surface area contributed by atoms with Crippen LogP contribution in [-0.4, -0.2) is 55.4 Å². The maximum atomic E-state index is 13.9. The minimum absolute atomic E-state index is 0.272. The maximum absolute atomic E-state index is 13.9. The van der Waals surface area contributed by atoms with Crippen molar-refractivity contribution >= 4 is 28.2 Å². The first-order valence-corrected chi connectivity index (χ1v) is 22.3. The molecule has 6 nitrogen and oxygen atoms in total. The van der Waals surface area contributed by atoms with Crippen LogP contribution < -0.4 is 0 Å². The second-order valence-electron chi connectivity index (χ2n) is 13.2. The fourth-order valence-electron chi connectivity index (χ4n) is 5.98. The molecule has 0 radical (unpaired) electrons. The Bertz CT molecular complexity index is 1250. The molecule has 0 aliphatic carbocycles. The van der Waals surface area contributed by atoms with Crippen molar-refractivity contribution in [3.8, 4) is 22.6 Å². The number of thioether (sulfide) groups is 1. The third kappa shape index (κ3) is 8.62. The third-order valence-electron chi connectivity index (χ3n) is 8.04. The molecule has 0 N–H and O–H groups in total. The van der Waals surface area contributed by atoms with Crippen LogP contribution in [0.5, 0.6) is 0 Å². The Balaban J connectivity index is 2.01. The number of rotatable bonds is 16. The van der Waals surface area contributed by atoms with Crippen LogP contribution in [0.25, 0.3) is 22.6 Å². The van der Waals surface area contributed by atoms with Gasteiger partial charge in [0.05, 0.1) is 17.1 Å². The van der Waals surface area contributed by atoms with Crippen LogP contribution in [0.4, 0.5) is 4.39 Å². The van der Waals surface area contributed by atoms with Crippen LogP contribution in [0.15, 0.2) is 41.7 Å². The Kier molecular flexibility index (Phi) is 12.6. The van der Waals surface area contributed by atoms with E-state index in [0.29, 0.717) is 41.7 Å². The fraction of sp³-hybridized carbons (Fsp3) is 0.594. The lowest BCUT2D eigenvalue weighted by Gasteiger charge is -2.42. The van der Waals surface area contributed by atoms with Crippen molar-refractivity contribution in [3.63, 3.8) is 0 Å². The molecule has 0 bridgehead atoms. The molecular formula is C32H51FN4O2SSi2. The van der Waals surface area contributed by atoms with Crippen molar-refractivity contribution in [1.29, 1.82) is 0 Å². The molecule has 1 aromatic carbocycles. The number of hydrogen-bond donors (Lipinski definition) is 0. The fourth-order valence-corrected chi connectivity index (χ4v) is 12.6. The lowest BCUT2D eigenvalue weighted by Crippen LogP contribution is -2.48. The van der Waals surface area contributed by atoms with Crippen LogP contribution in [0.2, 0.25) is 42.3 Å². The van der Waals surface area contributed by atoms with Crippen LogP contribution in [0.3, 0.4) is 0 Å². The van der Waals surface area contributed by atoms with Crippen molar-refractivity contribution in [3.05, 3.63) is 48.2 Å². The second-order valence-corrected chi connectivity index (χ2v) is 25.1. The van der Waals surface area contributed by atoms with Gasteiger partial charge in [0, 0.05) is 39.5 Å². The van der Waals surface area contributed by atoms with Crippen LogP contribution in [-0.2, 0) is 22.3 Å². The zero-order chi connectivity index (χ0) is 31.1. The molecule has 3 aromatic rings. The first-order chi connectivity index (χ1) is 19.8. The second kappa shape index (κ2) is 15.2. The van der Waals surface area contributed by atoms with Gasteiger partial charge in [-0.15, -0.1) is 0 Å². The van der Waals surface area contributed by atoms with E-state index in [1.807, 2.05) is 12.3 Å². The predicted molar refractivity (Wildman–Crippen MR) is 180 cm³/mol. The van der Waals surface area contributed by atoms with Crippen LogP contribution >= 0.6 is 11.8 Å². The minimum atomic E-state index is -1.95. The third-order valence-corrected chi connectivity index (χ3v) is 16.4. The van der Waals surface area contributed by atoms with Crippen molar-refractivity contribution in [2.45, 2.75) is 109 Å². The topological polar surface area (TPSA) is 62.1 Å². The zero-order valence-electron chi connectivity index (χ0n) is 27.3. The van der Waals surface area contributed by atoms with Crippen molar-refractivity contribution in [2.24, 2.45) is 0 Å². The number of aromatic nitrogens is 4. The molecule has 232 valence electrons. The molecule has 0 unspecified atom stereocenters. The van der Waals surface area contributed by atoms with Gasteiger partial charge in [0.2, 0.25) is 0 Å². The monoisotopic (exact) mass is 630 g/mol. The van der Waals surface area contributed by atoms with Gasteiger partial charge in [-0.3, -0.25) is 0 Å². The lowest BCUT2D eigenvalue weighted by molar-refractivity contribution is 0.0859. The van der Waals surface area contributed by atoms with Crippen molar-refractivity contribution in [2.75, 3.05) is 19.5 Å². The van der Waals surface area contributed by atoms with Crippen LogP contribution in [0, 0.1) is 5.82 Å². The summed E-state index contributed by atoms with van der Waals surface area (Å²) in [6.45, 7) is 22.8. The molecule has 10 heteroatoms. The summed E-state index contributed by atoms with van der Waals surface area (Å²) in [5, 5.41) is 0.692. The van der Waals surface area contributed by atoms with Crippen molar-refractivity contribution < 1.29 is 13.6 Å². The maximum Gasteiger partial charge on any atom is 0.200 e. The zero-order valence-corrected chi connectivity index (χ0v) is 30.1. The van der Waals surface area contributed by atoms with E-state index in [1.165, 1.54) is 23.9 Å². The standard InChI is InChI=1S/C32H51FN4O2SSi2/c1-23(2)42(24(3)4,25(5)6)39-19-11-12-29-36-30(26-13-15-27(33)16-14-26)31(28-17-18-34-32(35-28)40-7)37(29)22-38-20-21-41(8,9)10/h13-18,23-25H,11-12,19-22H2,1-10H3. The molecule has 0 saturated carbocycles. The highest BCUT2D eigenvalue weighted by Crippen LogP contribution is 2.42. The molecule has 0 fully saturated rings. The number of imidazole rings is 1. The number of ether oxygens (including phenoxy) is 1. The number of halogens is 1. The molecule has 42 heavy (non-hydrogen) atoms. The highest BCUT2D eigenvalue weighted by atomic mass is 32.2. The number of aryl methyl sites for hydroxylation is 1. The lowest BCUT2D eigenvalue weighted by atomic mass is 10.1. The molecule has 0 spiro atoms. The minimum Gasteiger partial charge on any atom is -0.416 e. The molecule has 0 amide bonds. The van der Waals surface area contributed by atoms with E-state index in [-0.39, 0.29) is 5.82 Å². The van der Waals surface area contributed by atoms with Gasteiger partial charge in [-0.25, -0.2) is 19.3 Å². The molecule has 2 heterocycles. The molecular weight excluding hydrogens is 580 g/mol. The van der Waals surface area contributed by atoms with E-state index in [4.69, 9.17) is 19.1 Å². The summed E-state index contributed by atoms with van der Waals surface area (Å²) in [4.78, 5) is 14.4. The molecule has 0 aliphatic rings. The molecule has 0 atom stereocenters. The first kappa shape index (κ1) is 34.6. The van der Waals surface area contributed by atoms with Gasteiger partial charge in [0.1, 0.15) is 18.4 Å². The Morgan fingerprint density at radius 2 is 1.55 bits per heavy atom. The average Bonchev–Trinajstić information content (AvgIpc) is 3.28. The Morgan fingerprint density at radius 3 is 2.12 bits per heavy atom. The van der Waals surface area contributed by atoms with Gasteiger partial charge in [-0.1, -0.05) is 72.9 Å². The van der Waals surface area contributed by atoms with Gasteiger partial charge < -0.3 is 13.7 Å². The van der Waals surface area contributed by atoms with Gasteiger partial charge >= 0.3 is 0 Å². The van der Waals surface area contributed by atoms with E-state index >= 15 is 0 Å². The summed E-state index contributed by atoms with van der Waals surface area (Å²) < 4.78 is 29.2. The Labute approximate surface area is 259 Å². The summed E-state index contributed by atoms with van der Waals surface area (Å²) in [5.74, 6) is 0.655. The Morgan fingerprint density at radius 1 is 0.905 bits per heavy atom. The van der Waals surface area contributed by atoms with E-state index < -0.39 is 16.4 Å². The summed E-state index contributed by atoms with van der Waals surface area (Å²) in [5.41, 5.74) is 4.90. The van der Waals surface area contributed by atoms with Crippen LogP contribution in [0.1, 0.15) is 53.8 Å². The van der Waals surface area contributed by atoms with E-state index in [9.17, 15) is 4.39 Å². The van der Waals surface area contributed by atoms with Gasteiger partial charge in [0.15, 0.2) is 13.5 Å². The van der Waals surface area contributed by atoms with E-state index in [1.54, 1.807) is 18.3 Å². The highest BCUT2D eigenvalue weighted by molar-refractivity contribution is 7.98. The van der Waals surface area contributed by atoms with E-state index in [0.717, 1.165) is 47.4 Å². The SMILES string of the molecule is CSc1nccc(-c2c(-c3ccc(F)cc3)nc(CCCO[Si](C(C)C)(C(C)C)C(C)C)n2COCC[Si](C)(C)C)n1. The quantitative estimate of drug-likeness (QED) is 0.0680. The van der Waals surface area contributed by atoms with E-state index in [2.05, 4.69) is 70.7 Å². The highest BCUT2D eigenvalue weighted by Gasteiger charge is 2.44. The predicted octanol–water partition coefficient (Wildman–Crippen LogP) is 9.31. The molecule has 0 saturated heterocycles. The smallest absolute Gasteiger partial charge is 0.200 e. The summed E-state index contributed by atoms with van der Waals surface area (Å²) in [6, 6.07) is 9.54. The normalized spacial score (nSPS) is 12.7. The number of benzene rings is 1. The van der Waals surface area contributed by atoms with Gasteiger partial charge in [-0.2, -0.15) is 0 Å². The number of hydrogen-bond acceptors (Lipinski definition) is 6. The Hall–Kier alpha value is -1.86.